The molecule has 1 N–H and O–H groups in total. The molecule has 0 spiro atoms. The van der Waals surface area contributed by atoms with Gasteiger partial charge in [-0.2, -0.15) is 0 Å². The molecule has 2 rings (SSSR count). The summed E-state index contributed by atoms with van der Waals surface area (Å²) in [5.74, 6) is 0.583. The molecule has 0 bridgehead atoms. The van der Waals surface area contributed by atoms with Gasteiger partial charge in [0.2, 0.25) is 0 Å². The average molecular weight is 256 g/mol. The summed E-state index contributed by atoms with van der Waals surface area (Å²) in [5, 5.41) is 3.45. The minimum absolute atomic E-state index is 0.330. The van der Waals surface area contributed by atoms with Gasteiger partial charge in [-0.3, -0.25) is 4.90 Å². The minimum Gasteiger partial charge on any atom is -0.385 e. The summed E-state index contributed by atoms with van der Waals surface area (Å²) in [6.07, 6.45) is 4.07. The van der Waals surface area contributed by atoms with Crippen molar-refractivity contribution in [1.29, 1.82) is 0 Å². The Morgan fingerprint density at radius 1 is 1.50 bits per heavy atom. The van der Waals surface area contributed by atoms with Gasteiger partial charge in [0.15, 0.2) is 0 Å². The van der Waals surface area contributed by atoms with Gasteiger partial charge in [0.05, 0.1) is 12.7 Å². The van der Waals surface area contributed by atoms with E-state index in [0.717, 1.165) is 26.2 Å². The van der Waals surface area contributed by atoms with Gasteiger partial charge in [-0.05, 0) is 38.8 Å². The summed E-state index contributed by atoms with van der Waals surface area (Å²) in [7, 11) is 3.82. The SMILES string of the molecule is CNC(C(C)CCOC)C1CN2CCCC2CO1. The number of ether oxygens (including phenoxy) is 2. The molecule has 4 heteroatoms. The van der Waals surface area contributed by atoms with E-state index in [0.29, 0.717) is 24.1 Å². The Hall–Kier alpha value is -0.160. The van der Waals surface area contributed by atoms with Crippen LogP contribution in [-0.4, -0.2) is 63.5 Å². The molecule has 4 nitrogen and oxygen atoms in total. The molecular formula is C14H28N2O2. The molecular weight excluding hydrogens is 228 g/mol. The first-order valence-corrected chi connectivity index (χ1v) is 7.28. The van der Waals surface area contributed by atoms with E-state index in [1.54, 1.807) is 7.11 Å². The van der Waals surface area contributed by atoms with E-state index in [2.05, 4.69) is 17.1 Å². The van der Waals surface area contributed by atoms with Crippen molar-refractivity contribution in [2.24, 2.45) is 5.92 Å². The number of likely N-dealkylation sites (N-methyl/N-ethyl adjacent to an activating group) is 1. The van der Waals surface area contributed by atoms with Gasteiger partial charge in [0.25, 0.3) is 0 Å². The lowest BCUT2D eigenvalue weighted by molar-refractivity contribution is -0.0725. The zero-order chi connectivity index (χ0) is 13.0. The van der Waals surface area contributed by atoms with Gasteiger partial charge < -0.3 is 14.8 Å². The van der Waals surface area contributed by atoms with Crippen molar-refractivity contribution in [1.82, 2.24) is 10.2 Å². The molecule has 2 fully saturated rings. The molecule has 0 aromatic heterocycles. The molecule has 0 aromatic carbocycles. The fourth-order valence-electron chi connectivity index (χ4n) is 3.38. The second-order valence-corrected chi connectivity index (χ2v) is 5.74. The summed E-state index contributed by atoms with van der Waals surface area (Å²) in [4.78, 5) is 2.61. The normalized spacial score (nSPS) is 32.2. The molecule has 2 heterocycles. The lowest BCUT2D eigenvalue weighted by atomic mass is 9.92. The van der Waals surface area contributed by atoms with Crippen molar-refractivity contribution in [3.63, 3.8) is 0 Å². The van der Waals surface area contributed by atoms with Crippen LogP contribution in [0.3, 0.4) is 0 Å². The molecule has 0 aromatic rings. The molecule has 2 aliphatic rings. The number of morpholine rings is 1. The average Bonchev–Trinajstić information content (AvgIpc) is 2.84. The Morgan fingerprint density at radius 3 is 3.06 bits per heavy atom. The molecule has 0 aliphatic carbocycles. The van der Waals surface area contributed by atoms with Crippen molar-refractivity contribution in [2.75, 3.05) is 40.5 Å². The second kappa shape index (κ2) is 6.85. The molecule has 4 unspecified atom stereocenters. The summed E-state index contributed by atoms with van der Waals surface area (Å²) in [6.45, 7) is 6.39. The predicted molar refractivity (Wildman–Crippen MR) is 72.8 cm³/mol. The van der Waals surface area contributed by atoms with E-state index in [-0.39, 0.29) is 0 Å². The van der Waals surface area contributed by atoms with Crippen LogP contribution in [0, 0.1) is 5.92 Å². The van der Waals surface area contributed by atoms with Gasteiger partial charge in [0.1, 0.15) is 0 Å². The van der Waals surface area contributed by atoms with Gasteiger partial charge >= 0.3 is 0 Å². The molecule has 2 aliphatic heterocycles. The van der Waals surface area contributed by atoms with Gasteiger partial charge in [-0.1, -0.05) is 6.92 Å². The fraction of sp³-hybridized carbons (Fsp3) is 1.00. The van der Waals surface area contributed by atoms with Crippen LogP contribution in [0.4, 0.5) is 0 Å². The van der Waals surface area contributed by atoms with E-state index in [9.17, 15) is 0 Å². The zero-order valence-electron chi connectivity index (χ0n) is 12.0. The van der Waals surface area contributed by atoms with Crippen molar-refractivity contribution in [3.8, 4) is 0 Å². The molecule has 0 radical (unpaired) electrons. The van der Waals surface area contributed by atoms with Crippen molar-refractivity contribution < 1.29 is 9.47 Å². The highest BCUT2D eigenvalue weighted by molar-refractivity contribution is 4.91. The maximum Gasteiger partial charge on any atom is 0.0858 e. The largest absolute Gasteiger partial charge is 0.385 e. The van der Waals surface area contributed by atoms with E-state index >= 15 is 0 Å². The first-order valence-electron chi connectivity index (χ1n) is 7.28. The zero-order valence-corrected chi connectivity index (χ0v) is 12.0. The van der Waals surface area contributed by atoms with Gasteiger partial charge in [-0.15, -0.1) is 0 Å². The van der Waals surface area contributed by atoms with Crippen LogP contribution in [0.1, 0.15) is 26.2 Å². The molecule has 106 valence electrons. The number of rotatable bonds is 6. The third kappa shape index (κ3) is 3.23. The fourth-order valence-corrected chi connectivity index (χ4v) is 3.38. The minimum atomic E-state index is 0.330. The highest BCUT2D eigenvalue weighted by Crippen LogP contribution is 2.26. The van der Waals surface area contributed by atoms with Crippen molar-refractivity contribution in [3.05, 3.63) is 0 Å². The van der Waals surface area contributed by atoms with Gasteiger partial charge in [-0.25, -0.2) is 0 Å². The van der Waals surface area contributed by atoms with Crippen LogP contribution in [0.15, 0.2) is 0 Å². The first-order chi connectivity index (χ1) is 8.76. The maximum absolute atomic E-state index is 6.10. The Balaban J connectivity index is 1.87. The van der Waals surface area contributed by atoms with Crippen molar-refractivity contribution in [2.45, 2.75) is 44.4 Å². The molecule has 0 saturated carbocycles. The molecule has 18 heavy (non-hydrogen) atoms. The number of hydrogen-bond acceptors (Lipinski definition) is 4. The topological polar surface area (TPSA) is 33.7 Å². The Bertz CT molecular complexity index is 250. The van der Waals surface area contributed by atoms with Crippen LogP contribution >= 0.6 is 0 Å². The number of hydrogen-bond donors (Lipinski definition) is 1. The molecule has 4 atom stereocenters. The third-order valence-electron chi connectivity index (χ3n) is 4.54. The smallest absolute Gasteiger partial charge is 0.0858 e. The summed E-state index contributed by atoms with van der Waals surface area (Å²) in [6, 6.07) is 1.12. The van der Waals surface area contributed by atoms with Gasteiger partial charge in [0, 0.05) is 32.3 Å². The van der Waals surface area contributed by atoms with Crippen LogP contribution < -0.4 is 5.32 Å². The van der Waals surface area contributed by atoms with E-state index in [1.807, 2.05) is 7.05 Å². The van der Waals surface area contributed by atoms with Crippen LogP contribution in [0.2, 0.25) is 0 Å². The first kappa shape index (κ1) is 14.3. The quantitative estimate of drug-likeness (QED) is 0.772. The number of nitrogens with one attached hydrogen (secondary N) is 1. The Labute approximate surface area is 111 Å². The van der Waals surface area contributed by atoms with E-state index in [1.165, 1.54) is 19.4 Å². The van der Waals surface area contributed by atoms with E-state index < -0.39 is 0 Å². The molecule has 0 amide bonds. The summed E-state index contributed by atoms with van der Waals surface area (Å²) in [5.41, 5.74) is 0. The highest BCUT2D eigenvalue weighted by Gasteiger charge is 2.36. The van der Waals surface area contributed by atoms with Crippen LogP contribution in [0.5, 0.6) is 0 Å². The predicted octanol–water partition coefficient (Wildman–Crippen LogP) is 1.11. The Kier molecular flexibility index (Phi) is 5.42. The van der Waals surface area contributed by atoms with Crippen LogP contribution in [-0.2, 0) is 9.47 Å². The van der Waals surface area contributed by atoms with Crippen LogP contribution in [0.25, 0.3) is 0 Å². The standard InChI is InChI=1S/C14H28N2O2/c1-11(6-8-17-3)14(15-2)13-9-16-7-4-5-12(16)10-18-13/h11-15H,4-10H2,1-3H3. The Morgan fingerprint density at radius 2 is 2.33 bits per heavy atom. The third-order valence-corrected chi connectivity index (χ3v) is 4.54. The van der Waals surface area contributed by atoms with Crippen molar-refractivity contribution >= 4 is 0 Å². The number of nitrogens with zero attached hydrogens (tertiary/aromatic N) is 1. The summed E-state index contributed by atoms with van der Waals surface area (Å²) < 4.78 is 11.3. The highest BCUT2D eigenvalue weighted by atomic mass is 16.5. The summed E-state index contributed by atoms with van der Waals surface area (Å²) >= 11 is 0. The second-order valence-electron chi connectivity index (χ2n) is 5.74. The molecule has 2 saturated heterocycles. The number of fused-ring (bicyclic) bond motifs is 1. The number of methoxy groups -OCH3 is 1. The lowest BCUT2D eigenvalue weighted by Gasteiger charge is -2.40. The maximum atomic E-state index is 6.10. The monoisotopic (exact) mass is 256 g/mol. The lowest BCUT2D eigenvalue weighted by Crippen LogP contribution is -2.55. The van der Waals surface area contributed by atoms with E-state index in [4.69, 9.17) is 9.47 Å².